The van der Waals surface area contributed by atoms with Crippen molar-refractivity contribution in [3.8, 4) is 0 Å². The van der Waals surface area contributed by atoms with Crippen LogP contribution in [0.25, 0.3) is 0 Å². The van der Waals surface area contributed by atoms with E-state index >= 15 is 0 Å². The number of rotatable bonds is 5. The molecule has 0 aromatic heterocycles. The van der Waals surface area contributed by atoms with Crippen molar-refractivity contribution in [3.63, 3.8) is 0 Å². The lowest BCUT2D eigenvalue weighted by molar-refractivity contribution is 0.568. The van der Waals surface area contributed by atoms with Crippen molar-refractivity contribution in [2.45, 2.75) is 13.0 Å². The van der Waals surface area contributed by atoms with Crippen LogP contribution in [0.1, 0.15) is 18.5 Å². The van der Waals surface area contributed by atoms with Crippen molar-refractivity contribution in [1.29, 1.82) is 0 Å². The van der Waals surface area contributed by atoms with E-state index in [1.54, 1.807) is 6.92 Å². The van der Waals surface area contributed by atoms with Gasteiger partial charge in [0.15, 0.2) is 0 Å². The Morgan fingerprint density at radius 2 is 1.94 bits per heavy atom. The molecule has 0 aliphatic rings. The number of sulfonamides is 1. The Bertz CT molecular complexity index is 433. The Balaban J connectivity index is 2.72. The minimum Gasteiger partial charge on any atom is -0.212 e. The highest BCUT2D eigenvalue weighted by Crippen LogP contribution is 2.17. The Morgan fingerprint density at radius 1 is 1.38 bits per heavy atom. The predicted octanol–water partition coefficient (Wildman–Crippen LogP) is 2.67. The van der Waals surface area contributed by atoms with Gasteiger partial charge in [0.25, 0.3) is 0 Å². The molecule has 90 valence electrons. The predicted molar refractivity (Wildman–Crippen MR) is 70.2 cm³/mol. The summed E-state index contributed by atoms with van der Waals surface area (Å²) in [4.78, 5) is 0. The van der Waals surface area contributed by atoms with E-state index in [0.717, 1.165) is 10.0 Å². The lowest BCUT2D eigenvalue weighted by Crippen LogP contribution is -2.29. The van der Waals surface area contributed by atoms with E-state index in [4.69, 9.17) is 11.6 Å². The number of benzene rings is 1. The highest BCUT2D eigenvalue weighted by Gasteiger charge is 2.14. The SMILES string of the molecule is C[C@H](NS(=O)(=O)CCCl)c1ccc(Br)cc1. The topological polar surface area (TPSA) is 46.2 Å². The van der Waals surface area contributed by atoms with Crippen LogP contribution in [0.5, 0.6) is 0 Å². The fraction of sp³-hybridized carbons (Fsp3) is 0.400. The molecule has 0 aliphatic heterocycles. The van der Waals surface area contributed by atoms with Crippen LogP contribution in [0.3, 0.4) is 0 Å². The van der Waals surface area contributed by atoms with E-state index in [2.05, 4.69) is 20.7 Å². The molecular formula is C10H13BrClNO2S. The molecule has 0 unspecified atom stereocenters. The van der Waals surface area contributed by atoms with Gasteiger partial charge in [-0.3, -0.25) is 0 Å². The molecule has 0 saturated carbocycles. The molecule has 3 nitrogen and oxygen atoms in total. The molecule has 1 aromatic carbocycles. The zero-order valence-corrected chi connectivity index (χ0v) is 11.9. The van der Waals surface area contributed by atoms with Crippen LogP contribution in [0.4, 0.5) is 0 Å². The highest BCUT2D eigenvalue weighted by molar-refractivity contribution is 9.10. The maximum absolute atomic E-state index is 11.5. The summed E-state index contributed by atoms with van der Waals surface area (Å²) in [6.07, 6.45) is 0. The molecule has 0 fully saturated rings. The lowest BCUT2D eigenvalue weighted by Gasteiger charge is -2.14. The molecule has 1 rings (SSSR count). The summed E-state index contributed by atoms with van der Waals surface area (Å²) >= 11 is 8.74. The molecule has 0 radical (unpaired) electrons. The molecule has 0 aliphatic carbocycles. The fourth-order valence-corrected chi connectivity index (χ4v) is 3.12. The van der Waals surface area contributed by atoms with Crippen molar-refractivity contribution in [2.24, 2.45) is 0 Å². The molecule has 1 atom stereocenters. The average molecular weight is 327 g/mol. The summed E-state index contributed by atoms with van der Waals surface area (Å²) < 4.78 is 26.5. The van der Waals surface area contributed by atoms with Crippen molar-refractivity contribution in [3.05, 3.63) is 34.3 Å². The lowest BCUT2D eigenvalue weighted by atomic mass is 10.1. The first-order chi connectivity index (χ1) is 7.44. The highest BCUT2D eigenvalue weighted by atomic mass is 79.9. The van der Waals surface area contributed by atoms with Gasteiger partial charge in [-0.1, -0.05) is 28.1 Å². The van der Waals surface area contributed by atoms with E-state index in [1.807, 2.05) is 24.3 Å². The third-order valence-electron chi connectivity index (χ3n) is 2.07. The maximum Gasteiger partial charge on any atom is 0.213 e. The van der Waals surface area contributed by atoms with Gasteiger partial charge in [0, 0.05) is 16.4 Å². The summed E-state index contributed by atoms with van der Waals surface area (Å²) in [5.74, 6) is 0.0395. The zero-order chi connectivity index (χ0) is 12.2. The first-order valence-electron chi connectivity index (χ1n) is 4.76. The Hall–Kier alpha value is -0.100. The van der Waals surface area contributed by atoms with Crippen molar-refractivity contribution in [2.75, 3.05) is 11.6 Å². The van der Waals surface area contributed by atoms with Crippen LogP contribution in [0.15, 0.2) is 28.7 Å². The van der Waals surface area contributed by atoms with Crippen LogP contribution in [-0.4, -0.2) is 20.1 Å². The van der Waals surface area contributed by atoms with Gasteiger partial charge in [0.2, 0.25) is 10.0 Å². The Kier molecular flexibility index (Phi) is 5.24. The summed E-state index contributed by atoms with van der Waals surface area (Å²) in [5.41, 5.74) is 0.918. The maximum atomic E-state index is 11.5. The van der Waals surface area contributed by atoms with Crippen molar-refractivity contribution < 1.29 is 8.42 Å². The minimum atomic E-state index is -3.28. The van der Waals surface area contributed by atoms with Crippen LogP contribution < -0.4 is 4.72 Å². The van der Waals surface area contributed by atoms with Crippen molar-refractivity contribution in [1.82, 2.24) is 4.72 Å². The third-order valence-corrected chi connectivity index (χ3v) is 4.47. The van der Waals surface area contributed by atoms with Crippen LogP contribution in [0, 0.1) is 0 Å². The first-order valence-corrected chi connectivity index (χ1v) is 7.74. The normalized spacial score (nSPS) is 13.7. The van der Waals surface area contributed by atoms with Gasteiger partial charge in [-0.2, -0.15) is 0 Å². The quantitative estimate of drug-likeness (QED) is 0.846. The van der Waals surface area contributed by atoms with E-state index in [1.165, 1.54) is 0 Å². The summed E-state index contributed by atoms with van der Waals surface area (Å²) in [5, 5.41) is 0. The van der Waals surface area contributed by atoms with Crippen molar-refractivity contribution >= 4 is 37.6 Å². The van der Waals surface area contributed by atoms with Gasteiger partial charge >= 0.3 is 0 Å². The molecular weight excluding hydrogens is 314 g/mol. The van der Waals surface area contributed by atoms with Gasteiger partial charge in [0.1, 0.15) is 0 Å². The molecule has 0 amide bonds. The summed E-state index contributed by atoms with van der Waals surface area (Å²) in [6.45, 7) is 1.80. The van der Waals surface area contributed by atoms with E-state index in [9.17, 15) is 8.42 Å². The number of nitrogens with one attached hydrogen (secondary N) is 1. The monoisotopic (exact) mass is 325 g/mol. The Morgan fingerprint density at radius 3 is 2.44 bits per heavy atom. The largest absolute Gasteiger partial charge is 0.213 e. The Labute approximate surface area is 109 Å². The molecule has 0 bridgehead atoms. The molecule has 6 heteroatoms. The fourth-order valence-electron chi connectivity index (χ4n) is 1.25. The smallest absolute Gasteiger partial charge is 0.212 e. The molecule has 0 spiro atoms. The zero-order valence-electron chi connectivity index (χ0n) is 8.78. The number of halogens is 2. The number of hydrogen-bond acceptors (Lipinski definition) is 2. The first kappa shape index (κ1) is 14.0. The molecule has 0 heterocycles. The van der Waals surface area contributed by atoms with Crippen LogP contribution in [-0.2, 0) is 10.0 Å². The van der Waals surface area contributed by atoms with Gasteiger partial charge in [-0.25, -0.2) is 13.1 Å². The summed E-state index contributed by atoms with van der Waals surface area (Å²) in [7, 11) is -3.28. The number of alkyl halides is 1. The molecule has 0 saturated heterocycles. The molecule has 16 heavy (non-hydrogen) atoms. The standard InChI is InChI=1S/C10H13BrClNO2S/c1-8(13-16(14,15)7-6-12)9-2-4-10(11)5-3-9/h2-5,8,13H,6-7H2,1H3/t8-/m0/s1. The molecule has 1 N–H and O–H groups in total. The third kappa shape index (κ3) is 4.41. The summed E-state index contributed by atoms with van der Waals surface area (Å²) in [6, 6.07) is 7.25. The average Bonchev–Trinajstić information content (AvgIpc) is 2.17. The van der Waals surface area contributed by atoms with E-state index in [-0.39, 0.29) is 17.7 Å². The second kappa shape index (κ2) is 6.00. The number of hydrogen-bond donors (Lipinski definition) is 1. The second-order valence-corrected chi connectivity index (χ2v) is 6.57. The van der Waals surface area contributed by atoms with E-state index in [0.29, 0.717) is 0 Å². The minimum absolute atomic E-state index is 0.0601. The van der Waals surface area contributed by atoms with Gasteiger partial charge < -0.3 is 0 Å². The second-order valence-electron chi connectivity index (χ2n) is 3.40. The molecule has 1 aromatic rings. The van der Waals surface area contributed by atoms with Gasteiger partial charge in [0.05, 0.1) is 5.75 Å². The van der Waals surface area contributed by atoms with Crippen LogP contribution >= 0.6 is 27.5 Å². The van der Waals surface area contributed by atoms with Gasteiger partial charge in [-0.05, 0) is 24.6 Å². The van der Waals surface area contributed by atoms with Crippen LogP contribution in [0.2, 0.25) is 0 Å². The van der Waals surface area contributed by atoms with E-state index < -0.39 is 10.0 Å². The van der Waals surface area contributed by atoms with Gasteiger partial charge in [-0.15, -0.1) is 11.6 Å².